The average molecular weight is 597 g/mol. The van der Waals surface area contributed by atoms with Gasteiger partial charge in [-0.05, 0) is 37.3 Å². The second kappa shape index (κ2) is 10.3. The number of carbonyl (C=O) groups excluding carboxylic acids is 3. The highest BCUT2D eigenvalue weighted by atomic mass is 19.3. The van der Waals surface area contributed by atoms with Gasteiger partial charge >= 0.3 is 6.29 Å². The Bertz CT molecular complexity index is 1630. The molecule has 3 atom stereocenters. The molecule has 1 aromatic heterocycles. The molecule has 3 aromatic rings. The molecule has 0 unspecified atom stereocenters. The maximum atomic E-state index is 13.9. The van der Waals surface area contributed by atoms with Gasteiger partial charge in [-0.2, -0.15) is 0 Å². The number of fused-ring (bicyclic) bond motifs is 3. The molecule has 0 radical (unpaired) electrons. The van der Waals surface area contributed by atoms with Crippen molar-refractivity contribution >= 4 is 17.7 Å². The van der Waals surface area contributed by atoms with Crippen LogP contribution in [0.2, 0.25) is 0 Å². The van der Waals surface area contributed by atoms with Gasteiger partial charge in [-0.1, -0.05) is 0 Å². The number of hydrogen-bond donors (Lipinski definition) is 3. The van der Waals surface area contributed by atoms with Gasteiger partial charge < -0.3 is 40.1 Å². The summed E-state index contributed by atoms with van der Waals surface area (Å²) in [5.41, 5.74) is 5.64. The number of alkyl halides is 2. The van der Waals surface area contributed by atoms with Crippen molar-refractivity contribution in [2.45, 2.75) is 37.2 Å². The van der Waals surface area contributed by atoms with Crippen molar-refractivity contribution in [3.05, 3.63) is 71.0 Å². The van der Waals surface area contributed by atoms with Crippen LogP contribution in [-0.2, 0) is 15.0 Å². The summed E-state index contributed by atoms with van der Waals surface area (Å²) in [5.74, 6) is -0.703. The van der Waals surface area contributed by atoms with Crippen molar-refractivity contribution in [1.29, 1.82) is 0 Å². The number of amides is 3. The lowest BCUT2D eigenvalue weighted by Gasteiger charge is -2.34. The van der Waals surface area contributed by atoms with Gasteiger partial charge in [-0.15, -0.1) is 8.78 Å². The van der Waals surface area contributed by atoms with Crippen LogP contribution in [0.15, 0.2) is 48.7 Å². The minimum Gasteiger partial charge on any atom is -0.497 e. The fraction of sp³-hybridized carbons (Fsp3) is 0.310. The molecule has 224 valence electrons. The number of nitrogens with two attached hydrogens (primary N) is 1. The quantitative estimate of drug-likeness (QED) is 0.373. The molecule has 0 spiro atoms. The lowest BCUT2D eigenvalue weighted by molar-refractivity contribution is -0.286. The molecule has 2 aromatic carbocycles. The first-order chi connectivity index (χ1) is 20.5. The SMILES string of the molecule is COc1ccc2c(c1)O[C@@H](c1ccc(C(=O)NCC(N)=O)cn1)C[C@H]2NC(=O)[C@@]1(C)COc2cc3c(cc21)OC(F)(F)O3. The number of ether oxygens (including phenoxy) is 5. The molecular formula is C29H26F2N4O8. The molecule has 4 N–H and O–H groups in total. The minimum atomic E-state index is -3.81. The molecule has 0 bridgehead atoms. The molecule has 0 aliphatic carbocycles. The van der Waals surface area contributed by atoms with Crippen molar-refractivity contribution in [3.8, 4) is 28.7 Å². The summed E-state index contributed by atoms with van der Waals surface area (Å²) in [6.45, 7) is 1.32. The van der Waals surface area contributed by atoms with E-state index < -0.39 is 41.6 Å². The smallest absolute Gasteiger partial charge is 0.497 e. The first-order valence-electron chi connectivity index (χ1n) is 13.2. The number of benzene rings is 2. The monoisotopic (exact) mass is 596 g/mol. The molecule has 0 saturated carbocycles. The Hall–Kier alpha value is -5.14. The van der Waals surface area contributed by atoms with E-state index in [0.29, 0.717) is 28.3 Å². The molecule has 14 heteroatoms. The van der Waals surface area contributed by atoms with E-state index in [1.165, 1.54) is 31.5 Å². The van der Waals surface area contributed by atoms with Gasteiger partial charge in [0, 0.05) is 35.9 Å². The van der Waals surface area contributed by atoms with Crippen molar-refractivity contribution in [2.75, 3.05) is 20.3 Å². The number of carbonyl (C=O) groups is 3. The van der Waals surface area contributed by atoms with Crippen LogP contribution >= 0.6 is 0 Å². The number of nitrogens with one attached hydrogen (secondary N) is 2. The van der Waals surface area contributed by atoms with Crippen LogP contribution in [0.5, 0.6) is 28.7 Å². The summed E-state index contributed by atoms with van der Waals surface area (Å²) < 4.78 is 53.7. The topological polar surface area (TPSA) is 160 Å². The second-order valence-corrected chi connectivity index (χ2v) is 10.5. The number of methoxy groups -OCH3 is 1. The van der Waals surface area contributed by atoms with E-state index in [-0.39, 0.29) is 42.4 Å². The molecule has 3 amide bonds. The van der Waals surface area contributed by atoms with Crippen molar-refractivity contribution in [3.63, 3.8) is 0 Å². The maximum Gasteiger partial charge on any atom is 0.586 e. The third-order valence-electron chi connectivity index (χ3n) is 7.54. The summed E-state index contributed by atoms with van der Waals surface area (Å²) in [6.07, 6.45) is -2.80. The normalized spacial score (nSPS) is 22.3. The summed E-state index contributed by atoms with van der Waals surface area (Å²) in [7, 11) is 1.52. The number of rotatable bonds is 7. The van der Waals surface area contributed by atoms with Crippen LogP contribution in [0.3, 0.4) is 0 Å². The summed E-state index contributed by atoms with van der Waals surface area (Å²) in [6, 6.07) is 10.5. The average Bonchev–Trinajstić information content (AvgIpc) is 3.48. The zero-order valence-corrected chi connectivity index (χ0v) is 22.9. The van der Waals surface area contributed by atoms with Gasteiger partial charge in [0.25, 0.3) is 5.91 Å². The highest BCUT2D eigenvalue weighted by Gasteiger charge is 2.49. The fourth-order valence-electron chi connectivity index (χ4n) is 5.22. The molecule has 0 fully saturated rings. The Morgan fingerprint density at radius 1 is 1.07 bits per heavy atom. The summed E-state index contributed by atoms with van der Waals surface area (Å²) in [5, 5.41) is 5.48. The first-order valence-corrected chi connectivity index (χ1v) is 13.2. The zero-order valence-electron chi connectivity index (χ0n) is 22.9. The molecule has 4 heterocycles. The fourth-order valence-corrected chi connectivity index (χ4v) is 5.22. The molecule has 12 nitrogen and oxygen atoms in total. The van der Waals surface area contributed by atoms with Crippen LogP contribution in [0, 0.1) is 0 Å². The van der Waals surface area contributed by atoms with Crippen molar-refractivity contribution in [1.82, 2.24) is 15.6 Å². The summed E-state index contributed by atoms with van der Waals surface area (Å²) >= 11 is 0. The van der Waals surface area contributed by atoms with E-state index in [1.807, 2.05) is 0 Å². The number of nitrogens with zero attached hydrogens (tertiary/aromatic N) is 1. The van der Waals surface area contributed by atoms with Crippen molar-refractivity contribution in [2.24, 2.45) is 5.73 Å². The van der Waals surface area contributed by atoms with Gasteiger partial charge in [0.05, 0.1) is 31.0 Å². The molecule has 43 heavy (non-hydrogen) atoms. The number of hydrogen-bond acceptors (Lipinski definition) is 9. The third kappa shape index (κ3) is 5.19. The Balaban J connectivity index is 1.26. The Kier molecular flexibility index (Phi) is 6.70. The van der Waals surface area contributed by atoms with E-state index in [9.17, 15) is 23.2 Å². The van der Waals surface area contributed by atoms with Crippen molar-refractivity contribution < 1.29 is 46.8 Å². The predicted molar refractivity (Wildman–Crippen MR) is 143 cm³/mol. The minimum absolute atomic E-state index is 0.0313. The second-order valence-electron chi connectivity index (χ2n) is 10.5. The van der Waals surface area contributed by atoms with E-state index in [0.717, 1.165) is 0 Å². The number of pyridine rings is 1. The largest absolute Gasteiger partial charge is 0.586 e. The Morgan fingerprint density at radius 2 is 1.84 bits per heavy atom. The van der Waals surface area contributed by atoms with Gasteiger partial charge in [-0.3, -0.25) is 19.4 Å². The standard InChI is InChI=1S/C29H26F2N4O8/c1-28(13-40-21-10-24-23(8-17(21)28)42-29(30,31)43-24)27(38)35-19-9-22(41-20-7-15(39-2)4-5-16(19)20)18-6-3-14(11-33-18)26(37)34-12-25(32)36/h3-8,10-11,19,22H,9,12-13H2,1-2H3,(H2,32,36)(H,34,37)(H,35,38)/t19-,22-,28+/m1/s1. The van der Waals surface area contributed by atoms with Crippen LogP contribution in [0.4, 0.5) is 8.78 Å². The molecular weight excluding hydrogens is 570 g/mol. The highest BCUT2D eigenvalue weighted by Crippen LogP contribution is 2.50. The maximum absolute atomic E-state index is 13.9. The third-order valence-corrected chi connectivity index (χ3v) is 7.54. The van der Waals surface area contributed by atoms with Gasteiger partial charge in [0.2, 0.25) is 11.8 Å². The van der Waals surface area contributed by atoms with Gasteiger partial charge in [-0.25, -0.2) is 0 Å². The molecule has 6 rings (SSSR count). The van der Waals surface area contributed by atoms with E-state index in [4.69, 9.17) is 19.9 Å². The number of halogens is 2. The lowest BCUT2D eigenvalue weighted by atomic mass is 9.82. The Labute approximate surface area is 243 Å². The van der Waals surface area contributed by atoms with E-state index in [2.05, 4.69) is 25.1 Å². The lowest BCUT2D eigenvalue weighted by Crippen LogP contribution is -2.46. The highest BCUT2D eigenvalue weighted by molar-refractivity contribution is 5.96. The van der Waals surface area contributed by atoms with Crippen LogP contribution in [0.25, 0.3) is 0 Å². The number of primary amides is 1. The first kappa shape index (κ1) is 28.0. The van der Waals surface area contributed by atoms with E-state index >= 15 is 0 Å². The molecule has 3 aliphatic heterocycles. The van der Waals surface area contributed by atoms with Gasteiger partial charge in [0.15, 0.2) is 11.5 Å². The van der Waals surface area contributed by atoms with Crippen LogP contribution in [-0.4, -0.2) is 49.3 Å². The predicted octanol–water partition coefficient (Wildman–Crippen LogP) is 2.66. The molecule has 0 saturated heterocycles. The summed E-state index contributed by atoms with van der Waals surface area (Å²) in [4.78, 5) is 41.5. The Morgan fingerprint density at radius 3 is 2.53 bits per heavy atom. The molecule has 3 aliphatic rings. The van der Waals surface area contributed by atoms with Crippen LogP contribution < -0.4 is 40.1 Å². The zero-order chi connectivity index (χ0) is 30.5. The van der Waals surface area contributed by atoms with Crippen LogP contribution in [0.1, 0.15) is 52.7 Å². The number of aromatic nitrogens is 1. The van der Waals surface area contributed by atoms with E-state index in [1.54, 1.807) is 31.2 Å². The van der Waals surface area contributed by atoms with Gasteiger partial charge in [0.1, 0.15) is 35.4 Å².